The lowest BCUT2D eigenvalue weighted by atomic mass is 9.67. The molecule has 2 aliphatic rings. The number of aryl methyl sites for hydroxylation is 1. The predicted molar refractivity (Wildman–Crippen MR) is 115 cm³/mol. The van der Waals surface area contributed by atoms with E-state index in [-0.39, 0.29) is 17.1 Å². The monoisotopic (exact) mass is 431 g/mol. The van der Waals surface area contributed by atoms with Crippen molar-refractivity contribution in [1.82, 2.24) is 14.8 Å². The molecule has 1 saturated heterocycles. The van der Waals surface area contributed by atoms with E-state index in [2.05, 4.69) is 26.1 Å². The second kappa shape index (κ2) is 8.13. The minimum Gasteiger partial charge on any atom is -0.456 e. The molecule has 3 amide bonds. The van der Waals surface area contributed by atoms with E-state index in [4.69, 9.17) is 4.74 Å². The van der Waals surface area contributed by atoms with Gasteiger partial charge < -0.3 is 14.6 Å². The number of urea groups is 1. The summed E-state index contributed by atoms with van der Waals surface area (Å²) in [5.74, 6) is -0.980. The number of carbonyl (C=O) groups excluding carboxylic acids is 4. The van der Waals surface area contributed by atoms with E-state index in [0.29, 0.717) is 24.3 Å². The number of Topliss-reactive ketones (excluding diaryl/α,β-unsaturated/α-hetero) is 1. The number of hydrogen-bond acceptors (Lipinski definition) is 5. The summed E-state index contributed by atoms with van der Waals surface area (Å²) in [6.07, 6.45) is 2.82. The summed E-state index contributed by atoms with van der Waals surface area (Å²) in [4.78, 5) is 51.0. The summed E-state index contributed by atoms with van der Waals surface area (Å²) in [5, 5.41) is 2.81. The fraction of sp³-hybridized carbons (Fsp3) is 0.652. The summed E-state index contributed by atoms with van der Waals surface area (Å²) >= 11 is 0. The van der Waals surface area contributed by atoms with Crippen molar-refractivity contribution in [3.8, 4) is 0 Å². The Labute approximate surface area is 183 Å². The molecule has 170 valence electrons. The molecule has 1 aliphatic heterocycles. The number of nitrogens with one attached hydrogen (secondary N) is 1. The van der Waals surface area contributed by atoms with Crippen LogP contribution >= 0.6 is 0 Å². The summed E-state index contributed by atoms with van der Waals surface area (Å²) in [7, 11) is 1.86. The molecule has 0 unspecified atom stereocenters. The summed E-state index contributed by atoms with van der Waals surface area (Å²) < 4.78 is 6.97. The third-order valence-corrected chi connectivity index (χ3v) is 7.04. The highest BCUT2D eigenvalue weighted by molar-refractivity contribution is 6.09. The minimum absolute atomic E-state index is 0.152. The molecule has 8 nitrogen and oxygen atoms in total. The van der Waals surface area contributed by atoms with E-state index in [1.807, 2.05) is 25.5 Å². The second-order valence-corrected chi connectivity index (χ2v) is 9.97. The van der Waals surface area contributed by atoms with Crippen LogP contribution in [0.2, 0.25) is 0 Å². The van der Waals surface area contributed by atoms with Gasteiger partial charge in [-0.25, -0.2) is 4.79 Å². The second-order valence-electron chi connectivity index (χ2n) is 9.97. The van der Waals surface area contributed by atoms with Gasteiger partial charge in [-0.05, 0) is 56.9 Å². The zero-order valence-corrected chi connectivity index (χ0v) is 19.3. The smallest absolute Gasteiger partial charge is 0.326 e. The quantitative estimate of drug-likeness (QED) is 0.439. The Morgan fingerprint density at radius 1 is 1.19 bits per heavy atom. The molecule has 1 N–H and O–H groups in total. The Morgan fingerprint density at radius 3 is 2.32 bits per heavy atom. The molecule has 31 heavy (non-hydrogen) atoms. The topological polar surface area (TPSA) is 97.7 Å². The van der Waals surface area contributed by atoms with Crippen LogP contribution in [0.15, 0.2) is 6.07 Å². The SMILES string of the molecule is Cc1cc(C(=O)COC(=O)CN2C(=O)NC3(CCC(C(C)(C)C)CC3)C2=O)c(C)n1C. The van der Waals surface area contributed by atoms with Crippen LogP contribution in [-0.2, 0) is 21.4 Å². The first kappa shape index (κ1) is 23.0. The highest BCUT2D eigenvalue weighted by atomic mass is 16.5. The van der Waals surface area contributed by atoms with E-state index in [1.165, 1.54) is 0 Å². The van der Waals surface area contributed by atoms with E-state index in [9.17, 15) is 19.2 Å². The average molecular weight is 432 g/mol. The van der Waals surface area contributed by atoms with Gasteiger partial charge in [0, 0.05) is 24.0 Å². The van der Waals surface area contributed by atoms with Crippen LogP contribution in [0.1, 0.15) is 68.2 Å². The number of carbonyl (C=O) groups is 4. The molecule has 1 aliphatic carbocycles. The minimum atomic E-state index is -0.923. The van der Waals surface area contributed by atoms with Gasteiger partial charge in [0.2, 0.25) is 5.78 Å². The van der Waals surface area contributed by atoms with Gasteiger partial charge in [0.25, 0.3) is 5.91 Å². The van der Waals surface area contributed by atoms with Crippen molar-refractivity contribution in [2.45, 2.75) is 65.8 Å². The van der Waals surface area contributed by atoms with Gasteiger partial charge in [0.1, 0.15) is 12.1 Å². The molecule has 0 radical (unpaired) electrons. The molecule has 1 aromatic rings. The number of rotatable bonds is 5. The van der Waals surface area contributed by atoms with Crippen molar-refractivity contribution in [3.05, 3.63) is 23.0 Å². The van der Waals surface area contributed by atoms with Crippen LogP contribution in [0.5, 0.6) is 0 Å². The van der Waals surface area contributed by atoms with Gasteiger partial charge >= 0.3 is 12.0 Å². The Morgan fingerprint density at radius 2 is 1.81 bits per heavy atom. The normalized spacial score (nSPS) is 23.9. The van der Waals surface area contributed by atoms with Gasteiger partial charge in [-0.3, -0.25) is 19.3 Å². The van der Waals surface area contributed by atoms with Crippen molar-refractivity contribution in [1.29, 1.82) is 0 Å². The molecular weight excluding hydrogens is 398 g/mol. The lowest BCUT2D eigenvalue weighted by Gasteiger charge is -2.40. The number of imide groups is 1. The number of nitrogens with zero attached hydrogens (tertiary/aromatic N) is 2. The van der Waals surface area contributed by atoms with E-state index >= 15 is 0 Å². The van der Waals surface area contributed by atoms with Crippen LogP contribution in [0.4, 0.5) is 4.79 Å². The maximum atomic E-state index is 13.0. The van der Waals surface area contributed by atoms with Crippen molar-refractivity contribution in [2.75, 3.05) is 13.2 Å². The van der Waals surface area contributed by atoms with Crippen molar-refractivity contribution in [3.63, 3.8) is 0 Å². The molecule has 1 aromatic heterocycles. The lowest BCUT2D eigenvalue weighted by molar-refractivity contribution is -0.147. The number of amides is 3. The maximum absolute atomic E-state index is 13.0. The van der Waals surface area contributed by atoms with Gasteiger partial charge in [0.15, 0.2) is 6.61 Å². The van der Waals surface area contributed by atoms with Crippen LogP contribution in [0, 0.1) is 25.2 Å². The number of esters is 1. The number of ketones is 1. The summed E-state index contributed by atoms with van der Waals surface area (Å²) in [6.45, 7) is 9.35. The van der Waals surface area contributed by atoms with Crippen molar-refractivity contribution < 1.29 is 23.9 Å². The fourth-order valence-electron chi connectivity index (χ4n) is 4.67. The van der Waals surface area contributed by atoms with Crippen molar-refractivity contribution in [2.24, 2.45) is 18.4 Å². The lowest BCUT2D eigenvalue weighted by Crippen LogP contribution is -2.50. The standard InChI is InChI=1S/C23H33N3O5/c1-14-11-17(15(2)25(14)6)18(27)13-31-19(28)12-26-20(29)23(24-21(26)30)9-7-16(8-10-23)22(3,4)5/h11,16H,7-10,12-13H2,1-6H3,(H,24,30). The Hall–Kier alpha value is -2.64. The molecule has 2 heterocycles. The Bertz CT molecular complexity index is 916. The van der Waals surface area contributed by atoms with Crippen molar-refractivity contribution >= 4 is 23.7 Å². The predicted octanol–water partition coefficient (Wildman–Crippen LogP) is 2.89. The van der Waals surface area contributed by atoms with E-state index in [1.54, 1.807) is 6.07 Å². The van der Waals surface area contributed by atoms with Gasteiger partial charge in [-0.2, -0.15) is 0 Å². The summed E-state index contributed by atoms with van der Waals surface area (Å²) in [5.41, 5.74) is 1.45. The van der Waals surface area contributed by atoms with Gasteiger partial charge in [-0.1, -0.05) is 20.8 Å². The number of hydrogen-bond donors (Lipinski definition) is 1. The molecule has 0 atom stereocenters. The summed E-state index contributed by atoms with van der Waals surface area (Å²) in [6, 6.07) is 1.18. The molecule has 1 spiro atoms. The molecule has 3 rings (SSSR count). The third-order valence-electron chi connectivity index (χ3n) is 7.04. The highest BCUT2D eigenvalue weighted by Crippen LogP contribution is 2.43. The first-order valence-electron chi connectivity index (χ1n) is 10.8. The fourth-order valence-corrected chi connectivity index (χ4v) is 4.67. The van der Waals surface area contributed by atoms with Gasteiger partial charge in [0.05, 0.1) is 0 Å². The maximum Gasteiger partial charge on any atom is 0.326 e. The largest absolute Gasteiger partial charge is 0.456 e. The third kappa shape index (κ3) is 4.38. The van der Waals surface area contributed by atoms with Crippen LogP contribution in [0.3, 0.4) is 0 Å². The van der Waals surface area contributed by atoms with E-state index in [0.717, 1.165) is 29.1 Å². The van der Waals surface area contributed by atoms with Gasteiger partial charge in [-0.15, -0.1) is 0 Å². The molecule has 8 heteroatoms. The Balaban J connectivity index is 1.57. The zero-order valence-electron chi connectivity index (χ0n) is 19.3. The van der Waals surface area contributed by atoms with Crippen LogP contribution in [-0.4, -0.2) is 51.8 Å². The van der Waals surface area contributed by atoms with Crippen LogP contribution in [0.25, 0.3) is 0 Å². The zero-order chi connectivity index (χ0) is 23.1. The molecule has 2 fully saturated rings. The number of aromatic nitrogens is 1. The van der Waals surface area contributed by atoms with E-state index < -0.39 is 30.7 Å². The first-order chi connectivity index (χ1) is 14.4. The first-order valence-corrected chi connectivity index (χ1v) is 10.8. The molecule has 0 aromatic carbocycles. The Kier molecular flexibility index (Phi) is 6.04. The average Bonchev–Trinajstić information content (AvgIpc) is 3.08. The highest BCUT2D eigenvalue weighted by Gasteiger charge is 2.53. The molecule has 0 bridgehead atoms. The number of ether oxygens (including phenoxy) is 1. The van der Waals surface area contributed by atoms with Crippen LogP contribution < -0.4 is 5.32 Å². The molecular formula is C23H33N3O5. The molecule has 1 saturated carbocycles.